The van der Waals surface area contributed by atoms with E-state index in [-0.39, 0.29) is 0 Å². The van der Waals surface area contributed by atoms with E-state index in [1.165, 1.54) is 11.8 Å². The van der Waals surface area contributed by atoms with Crippen molar-refractivity contribution in [2.45, 2.75) is 5.16 Å². The molecule has 7 heteroatoms. The lowest BCUT2D eigenvalue weighted by molar-refractivity contribution is 0.218. The zero-order valence-corrected chi connectivity index (χ0v) is 11.4. The van der Waals surface area contributed by atoms with E-state index in [0.717, 1.165) is 11.3 Å². The highest BCUT2D eigenvalue weighted by molar-refractivity contribution is 7.99. The Kier molecular flexibility index (Phi) is 5.39. The Bertz CT molecular complexity index is 514. The van der Waals surface area contributed by atoms with E-state index in [2.05, 4.69) is 25.7 Å². The van der Waals surface area contributed by atoms with Crippen LogP contribution in [0, 0.1) is 0 Å². The van der Waals surface area contributed by atoms with Gasteiger partial charge in [-0.05, 0) is 5.56 Å². The maximum atomic E-state index is 4.96. The lowest BCUT2D eigenvalue weighted by Gasteiger charge is -1.94. The smallest absolute Gasteiger partial charge is 0.240 e. The number of nitrogens with zero attached hydrogens (tertiary/aromatic N) is 3. The van der Waals surface area contributed by atoms with Gasteiger partial charge in [0.1, 0.15) is 0 Å². The molecule has 0 aliphatic carbocycles. The first kappa shape index (κ1) is 13.6. The van der Waals surface area contributed by atoms with Crippen molar-refractivity contribution in [2.24, 2.45) is 5.10 Å². The van der Waals surface area contributed by atoms with Crippen molar-refractivity contribution >= 4 is 23.9 Å². The first-order valence-electron chi connectivity index (χ1n) is 5.77. The number of ether oxygens (including phenoxy) is 1. The van der Waals surface area contributed by atoms with Crippen LogP contribution < -0.4 is 5.43 Å². The maximum Gasteiger partial charge on any atom is 0.240 e. The van der Waals surface area contributed by atoms with Gasteiger partial charge in [-0.2, -0.15) is 10.1 Å². The molecule has 0 fully saturated rings. The second-order valence-electron chi connectivity index (χ2n) is 3.59. The zero-order chi connectivity index (χ0) is 13.3. The van der Waals surface area contributed by atoms with Crippen LogP contribution in [0.3, 0.4) is 0 Å². The molecule has 100 valence electrons. The van der Waals surface area contributed by atoms with E-state index in [1.807, 2.05) is 30.3 Å². The lowest BCUT2D eigenvalue weighted by Crippen LogP contribution is -1.93. The second kappa shape index (κ2) is 7.55. The van der Waals surface area contributed by atoms with Gasteiger partial charge in [0.25, 0.3) is 0 Å². The quantitative estimate of drug-likeness (QED) is 0.350. The molecule has 1 aromatic carbocycles. The molecule has 0 bridgehead atoms. The third-order valence-corrected chi connectivity index (χ3v) is 2.98. The SMILES string of the molecule is COCCSc1n[nH]c(N/N=C\c2ccccc2)n1. The Labute approximate surface area is 115 Å². The van der Waals surface area contributed by atoms with Crippen LogP contribution in [0.4, 0.5) is 5.95 Å². The standard InChI is InChI=1S/C12H15N5OS/c1-18-7-8-19-12-14-11(16-17-12)15-13-9-10-5-3-2-4-6-10/h2-6,9H,7-8H2,1H3,(H2,14,15,16,17)/b13-9-. The van der Waals surface area contributed by atoms with Crippen molar-refractivity contribution in [2.75, 3.05) is 24.9 Å². The molecule has 0 atom stereocenters. The number of H-pyrrole nitrogens is 1. The molecule has 0 aliphatic rings. The fourth-order valence-electron chi connectivity index (χ4n) is 1.28. The number of benzene rings is 1. The molecule has 0 aliphatic heterocycles. The number of hydrogen-bond acceptors (Lipinski definition) is 6. The third kappa shape index (κ3) is 4.72. The number of nitrogens with one attached hydrogen (secondary N) is 2. The Balaban J connectivity index is 1.81. The molecule has 0 saturated carbocycles. The third-order valence-electron chi connectivity index (χ3n) is 2.17. The minimum absolute atomic E-state index is 0.520. The summed E-state index contributed by atoms with van der Waals surface area (Å²) in [6, 6.07) is 9.82. The van der Waals surface area contributed by atoms with Crippen LogP contribution in [0.5, 0.6) is 0 Å². The summed E-state index contributed by atoms with van der Waals surface area (Å²) in [6.45, 7) is 0.675. The van der Waals surface area contributed by atoms with Crippen molar-refractivity contribution in [3.63, 3.8) is 0 Å². The summed E-state index contributed by atoms with van der Waals surface area (Å²) in [5, 5.41) is 11.6. The molecule has 0 amide bonds. The summed E-state index contributed by atoms with van der Waals surface area (Å²) in [5.41, 5.74) is 3.82. The molecule has 0 unspecified atom stereocenters. The molecule has 1 aromatic heterocycles. The highest BCUT2D eigenvalue weighted by atomic mass is 32.2. The number of methoxy groups -OCH3 is 1. The van der Waals surface area contributed by atoms with E-state index in [9.17, 15) is 0 Å². The van der Waals surface area contributed by atoms with Crippen LogP contribution in [0.15, 0.2) is 40.6 Å². The van der Waals surface area contributed by atoms with Gasteiger partial charge in [-0.1, -0.05) is 42.1 Å². The molecule has 0 saturated heterocycles. The topological polar surface area (TPSA) is 75.2 Å². The van der Waals surface area contributed by atoms with Gasteiger partial charge < -0.3 is 4.74 Å². The molecule has 6 nitrogen and oxygen atoms in total. The fourth-order valence-corrected chi connectivity index (χ4v) is 1.98. The first-order chi connectivity index (χ1) is 9.38. The molecule has 2 rings (SSSR count). The molecule has 19 heavy (non-hydrogen) atoms. The van der Waals surface area contributed by atoms with Crippen LogP contribution in [-0.2, 0) is 4.74 Å². The highest BCUT2D eigenvalue weighted by Crippen LogP contribution is 2.13. The summed E-state index contributed by atoms with van der Waals surface area (Å²) < 4.78 is 4.96. The van der Waals surface area contributed by atoms with Crippen molar-refractivity contribution in [3.8, 4) is 0 Å². The zero-order valence-electron chi connectivity index (χ0n) is 10.5. The summed E-state index contributed by atoms with van der Waals surface area (Å²) in [7, 11) is 1.67. The average Bonchev–Trinajstić information content (AvgIpc) is 2.88. The van der Waals surface area contributed by atoms with Crippen LogP contribution in [0.1, 0.15) is 5.56 Å². The summed E-state index contributed by atoms with van der Waals surface area (Å²) in [4.78, 5) is 4.23. The number of aromatic nitrogens is 3. The van der Waals surface area contributed by atoms with Gasteiger partial charge >= 0.3 is 0 Å². The van der Waals surface area contributed by atoms with Gasteiger partial charge in [0, 0.05) is 12.9 Å². The van der Waals surface area contributed by atoms with Crippen molar-refractivity contribution in [1.82, 2.24) is 15.2 Å². The van der Waals surface area contributed by atoms with Crippen LogP contribution in [0.2, 0.25) is 0 Å². The van der Waals surface area contributed by atoms with E-state index < -0.39 is 0 Å². The average molecular weight is 277 g/mol. The molecule has 0 radical (unpaired) electrons. The fraction of sp³-hybridized carbons (Fsp3) is 0.250. The molecular weight excluding hydrogens is 262 g/mol. The molecule has 2 aromatic rings. The van der Waals surface area contributed by atoms with Crippen LogP contribution >= 0.6 is 11.8 Å². The van der Waals surface area contributed by atoms with E-state index in [1.54, 1.807) is 13.3 Å². The predicted octanol–water partition coefficient (Wildman–Crippen LogP) is 1.99. The molecular formula is C12H15N5OS. The number of hydrogen-bond donors (Lipinski definition) is 2. The Morgan fingerprint density at radius 1 is 1.42 bits per heavy atom. The van der Waals surface area contributed by atoms with Gasteiger partial charge in [0.15, 0.2) is 0 Å². The van der Waals surface area contributed by atoms with E-state index in [4.69, 9.17) is 4.74 Å². The van der Waals surface area contributed by atoms with Crippen molar-refractivity contribution in [3.05, 3.63) is 35.9 Å². The van der Waals surface area contributed by atoms with Crippen LogP contribution in [-0.4, -0.2) is 40.9 Å². The maximum absolute atomic E-state index is 4.96. The number of anilines is 1. The van der Waals surface area contributed by atoms with Gasteiger partial charge in [0.05, 0.1) is 12.8 Å². The normalized spacial score (nSPS) is 11.0. The summed E-state index contributed by atoms with van der Waals surface area (Å²) in [6.07, 6.45) is 1.72. The summed E-state index contributed by atoms with van der Waals surface area (Å²) in [5.74, 6) is 1.34. The second-order valence-corrected chi connectivity index (χ2v) is 4.65. The molecule has 0 spiro atoms. The predicted molar refractivity (Wildman–Crippen MR) is 76.6 cm³/mol. The Hall–Kier alpha value is -1.86. The van der Waals surface area contributed by atoms with Gasteiger partial charge in [0.2, 0.25) is 11.1 Å². The van der Waals surface area contributed by atoms with Crippen molar-refractivity contribution < 1.29 is 4.74 Å². The number of aromatic amines is 1. The number of thioether (sulfide) groups is 1. The Morgan fingerprint density at radius 3 is 3.05 bits per heavy atom. The lowest BCUT2D eigenvalue weighted by atomic mass is 10.2. The van der Waals surface area contributed by atoms with E-state index in [0.29, 0.717) is 17.7 Å². The van der Waals surface area contributed by atoms with Crippen molar-refractivity contribution in [1.29, 1.82) is 0 Å². The number of rotatable bonds is 7. The minimum Gasteiger partial charge on any atom is -0.384 e. The van der Waals surface area contributed by atoms with Gasteiger partial charge in [-0.3, -0.25) is 0 Å². The monoisotopic (exact) mass is 277 g/mol. The Morgan fingerprint density at radius 2 is 2.26 bits per heavy atom. The molecule has 2 N–H and O–H groups in total. The summed E-state index contributed by atoms with van der Waals surface area (Å²) >= 11 is 1.53. The largest absolute Gasteiger partial charge is 0.384 e. The minimum atomic E-state index is 0.520. The van der Waals surface area contributed by atoms with Gasteiger partial charge in [-0.25, -0.2) is 10.5 Å². The number of hydrazone groups is 1. The van der Waals surface area contributed by atoms with Gasteiger partial charge in [-0.15, -0.1) is 5.10 Å². The molecule has 1 heterocycles. The highest BCUT2D eigenvalue weighted by Gasteiger charge is 2.01. The van der Waals surface area contributed by atoms with E-state index >= 15 is 0 Å². The van der Waals surface area contributed by atoms with Crippen LogP contribution in [0.25, 0.3) is 0 Å². The first-order valence-corrected chi connectivity index (χ1v) is 6.75.